The number of amides is 1. The van der Waals surface area contributed by atoms with Crippen molar-refractivity contribution in [2.75, 3.05) is 31.0 Å². The molecule has 4 aromatic rings. The number of aliphatic hydroxyl groups is 1. The van der Waals surface area contributed by atoms with Crippen molar-refractivity contribution < 1.29 is 19.4 Å². The van der Waals surface area contributed by atoms with Crippen LogP contribution in [0, 0.1) is 6.92 Å². The van der Waals surface area contributed by atoms with Crippen molar-refractivity contribution in [3.63, 3.8) is 0 Å². The molecule has 0 saturated carbocycles. The van der Waals surface area contributed by atoms with Crippen molar-refractivity contribution in [3.05, 3.63) is 95.2 Å². The maximum Gasteiger partial charge on any atom is 0.300 e. The molecule has 1 atom stereocenters. The summed E-state index contributed by atoms with van der Waals surface area (Å²) in [6.07, 6.45) is 1.80. The number of para-hydroxylation sites is 1. The lowest BCUT2D eigenvalue weighted by Crippen LogP contribution is -2.29. The van der Waals surface area contributed by atoms with Gasteiger partial charge in [-0.3, -0.25) is 14.5 Å². The number of aryl methyl sites for hydroxylation is 1. The standard InChI is InChI=1S/C29H27N3O4/c1-17-15-18(9-14-24(17)36-4)27(33)25-26(22-16-30-23-8-6-5-7-21(22)23)32(29(35)28(25)34)20-12-10-19(11-13-20)31(2)3/h5-16,26,30,33H,1-4H3/b27-25+. The third-order valence-electron chi connectivity index (χ3n) is 6.67. The summed E-state index contributed by atoms with van der Waals surface area (Å²) in [7, 11) is 5.44. The number of aromatic nitrogens is 1. The fourth-order valence-electron chi connectivity index (χ4n) is 4.81. The SMILES string of the molecule is COc1ccc(/C(O)=C2\C(=O)C(=O)N(c3ccc(N(C)C)cc3)C2c2c[nH]c3ccccc23)cc1C. The molecule has 0 radical (unpaired) electrons. The number of H-pyrrole nitrogens is 1. The highest BCUT2D eigenvalue weighted by atomic mass is 16.5. The number of nitrogens with zero attached hydrogens (tertiary/aromatic N) is 2. The monoisotopic (exact) mass is 481 g/mol. The third kappa shape index (κ3) is 3.69. The van der Waals surface area contributed by atoms with Gasteiger partial charge in [0.05, 0.1) is 18.7 Å². The Morgan fingerprint density at radius 3 is 2.42 bits per heavy atom. The van der Waals surface area contributed by atoms with E-state index in [1.54, 1.807) is 31.5 Å². The zero-order valence-corrected chi connectivity index (χ0v) is 20.6. The number of ether oxygens (including phenoxy) is 1. The molecule has 0 bridgehead atoms. The van der Waals surface area contributed by atoms with E-state index in [0.717, 1.165) is 27.7 Å². The molecule has 1 fully saturated rings. The highest BCUT2D eigenvalue weighted by Crippen LogP contribution is 2.44. The molecule has 2 heterocycles. The molecule has 2 N–H and O–H groups in total. The second-order valence-electron chi connectivity index (χ2n) is 9.05. The zero-order valence-electron chi connectivity index (χ0n) is 20.6. The first kappa shape index (κ1) is 23.2. The van der Waals surface area contributed by atoms with E-state index in [-0.39, 0.29) is 11.3 Å². The molecule has 1 unspecified atom stereocenters. The van der Waals surface area contributed by atoms with Gasteiger partial charge < -0.3 is 19.7 Å². The number of rotatable bonds is 5. The van der Waals surface area contributed by atoms with Crippen LogP contribution < -0.4 is 14.5 Å². The molecule has 1 amide bonds. The molecule has 3 aromatic carbocycles. The number of benzene rings is 3. The number of Topliss-reactive ketones (excluding diaryl/α,β-unsaturated/α-hetero) is 1. The number of hydrogen-bond donors (Lipinski definition) is 2. The summed E-state index contributed by atoms with van der Waals surface area (Å²) in [4.78, 5) is 33.6. The van der Waals surface area contributed by atoms with E-state index >= 15 is 0 Å². The molecular formula is C29H27N3O4. The summed E-state index contributed by atoms with van der Waals surface area (Å²) < 4.78 is 5.34. The van der Waals surface area contributed by atoms with Crippen molar-refractivity contribution in [2.45, 2.75) is 13.0 Å². The predicted octanol–water partition coefficient (Wildman–Crippen LogP) is 5.18. The van der Waals surface area contributed by atoms with E-state index in [4.69, 9.17) is 4.74 Å². The largest absolute Gasteiger partial charge is 0.507 e. The van der Waals surface area contributed by atoms with Crippen molar-refractivity contribution >= 4 is 39.7 Å². The number of hydrogen-bond acceptors (Lipinski definition) is 5. The smallest absolute Gasteiger partial charge is 0.300 e. The lowest BCUT2D eigenvalue weighted by Gasteiger charge is -2.25. The van der Waals surface area contributed by atoms with Crippen molar-refractivity contribution in [1.82, 2.24) is 4.98 Å². The highest BCUT2D eigenvalue weighted by Gasteiger charge is 2.47. The van der Waals surface area contributed by atoms with Crippen LogP contribution in [0.25, 0.3) is 16.7 Å². The third-order valence-corrected chi connectivity index (χ3v) is 6.67. The number of ketones is 1. The normalized spacial score (nSPS) is 17.1. The molecular weight excluding hydrogens is 454 g/mol. The zero-order chi connectivity index (χ0) is 25.6. The van der Waals surface area contributed by atoms with Crippen LogP contribution in [0.15, 0.2) is 78.5 Å². The molecule has 1 aliphatic rings. The van der Waals surface area contributed by atoms with Crippen LogP contribution in [0.5, 0.6) is 5.75 Å². The topological polar surface area (TPSA) is 85.9 Å². The molecule has 182 valence electrons. The Bertz CT molecular complexity index is 1520. The minimum atomic E-state index is -0.811. The summed E-state index contributed by atoms with van der Waals surface area (Å²) in [6, 6.07) is 19.5. The molecule has 36 heavy (non-hydrogen) atoms. The Labute approximate surface area is 209 Å². The number of fused-ring (bicyclic) bond motifs is 1. The number of nitrogens with one attached hydrogen (secondary N) is 1. The van der Waals surface area contributed by atoms with Gasteiger partial charge >= 0.3 is 0 Å². The Hall–Kier alpha value is -4.52. The van der Waals surface area contributed by atoms with Crippen LogP contribution in [0.3, 0.4) is 0 Å². The van der Waals surface area contributed by atoms with Gasteiger partial charge in [-0.25, -0.2) is 0 Å². The van der Waals surface area contributed by atoms with Crippen molar-refractivity contribution in [3.8, 4) is 5.75 Å². The van der Waals surface area contributed by atoms with Crippen LogP contribution in [-0.4, -0.2) is 43.0 Å². The summed E-state index contributed by atoms with van der Waals surface area (Å²) in [5.41, 5.74) is 4.44. The first-order valence-corrected chi connectivity index (χ1v) is 11.6. The quantitative estimate of drug-likeness (QED) is 0.233. The first-order valence-electron chi connectivity index (χ1n) is 11.6. The van der Waals surface area contributed by atoms with Gasteiger partial charge in [0.1, 0.15) is 11.5 Å². The number of carbonyl (C=O) groups excluding carboxylic acids is 2. The molecule has 0 spiro atoms. The minimum Gasteiger partial charge on any atom is -0.507 e. The van der Waals surface area contributed by atoms with Gasteiger partial charge in [0.15, 0.2) is 0 Å². The molecule has 1 aromatic heterocycles. The number of methoxy groups -OCH3 is 1. The molecule has 0 aliphatic carbocycles. The van der Waals surface area contributed by atoms with Crippen LogP contribution >= 0.6 is 0 Å². The summed E-state index contributed by atoms with van der Waals surface area (Å²) >= 11 is 0. The Balaban J connectivity index is 1.74. The van der Waals surface area contributed by atoms with E-state index in [2.05, 4.69) is 4.98 Å². The van der Waals surface area contributed by atoms with E-state index in [1.807, 2.05) is 74.4 Å². The molecule has 7 heteroatoms. The average molecular weight is 482 g/mol. The highest BCUT2D eigenvalue weighted by molar-refractivity contribution is 6.51. The van der Waals surface area contributed by atoms with Gasteiger partial charge in [-0.2, -0.15) is 0 Å². The van der Waals surface area contributed by atoms with Crippen LogP contribution in [0.4, 0.5) is 11.4 Å². The number of anilines is 2. The van der Waals surface area contributed by atoms with Crippen molar-refractivity contribution in [1.29, 1.82) is 0 Å². The maximum atomic E-state index is 13.5. The molecule has 1 aliphatic heterocycles. The number of aromatic amines is 1. The fourth-order valence-corrected chi connectivity index (χ4v) is 4.81. The minimum absolute atomic E-state index is 0.0472. The van der Waals surface area contributed by atoms with Crippen LogP contribution in [0.1, 0.15) is 22.7 Å². The Morgan fingerprint density at radius 1 is 1.03 bits per heavy atom. The van der Waals surface area contributed by atoms with Crippen molar-refractivity contribution in [2.24, 2.45) is 0 Å². The lowest BCUT2D eigenvalue weighted by atomic mass is 9.94. The fraction of sp³-hybridized carbons (Fsp3) is 0.172. The van der Waals surface area contributed by atoms with Gasteiger partial charge in [0, 0.05) is 53.7 Å². The van der Waals surface area contributed by atoms with E-state index in [0.29, 0.717) is 17.0 Å². The van der Waals surface area contributed by atoms with Gasteiger partial charge in [0.25, 0.3) is 11.7 Å². The van der Waals surface area contributed by atoms with Gasteiger partial charge in [-0.15, -0.1) is 0 Å². The number of aliphatic hydroxyl groups excluding tert-OH is 1. The summed E-state index contributed by atoms with van der Waals surface area (Å²) in [6.45, 7) is 1.86. The first-order chi connectivity index (χ1) is 17.3. The van der Waals surface area contributed by atoms with E-state index < -0.39 is 17.7 Å². The molecule has 1 saturated heterocycles. The predicted molar refractivity (Wildman–Crippen MR) is 142 cm³/mol. The summed E-state index contributed by atoms with van der Waals surface area (Å²) in [5.74, 6) is -0.967. The molecule has 7 nitrogen and oxygen atoms in total. The Morgan fingerprint density at radius 2 is 1.75 bits per heavy atom. The van der Waals surface area contributed by atoms with Gasteiger partial charge in [-0.1, -0.05) is 18.2 Å². The average Bonchev–Trinajstić information content (AvgIpc) is 3.42. The van der Waals surface area contributed by atoms with Crippen LogP contribution in [0.2, 0.25) is 0 Å². The second kappa shape index (κ2) is 8.92. The maximum absolute atomic E-state index is 13.5. The second-order valence-corrected chi connectivity index (χ2v) is 9.05. The number of carbonyl (C=O) groups is 2. The van der Waals surface area contributed by atoms with Gasteiger partial charge in [0.2, 0.25) is 0 Å². The van der Waals surface area contributed by atoms with Crippen LogP contribution in [-0.2, 0) is 9.59 Å². The van der Waals surface area contributed by atoms with E-state index in [9.17, 15) is 14.7 Å². The van der Waals surface area contributed by atoms with E-state index in [1.165, 1.54) is 4.90 Å². The molecule has 5 rings (SSSR count). The Kier molecular flexibility index (Phi) is 5.76. The lowest BCUT2D eigenvalue weighted by molar-refractivity contribution is -0.132. The van der Waals surface area contributed by atoms with Gasteiger partial charge in [-0.05, 0) is 61.0 Å². The summed E-state index contributed by atoms with van der Waals surface area (Å²) in [5, 5.41) is 12.3.